The standard InChI is InChI=1S/C19H18F2N6O3S/c1-19(20,21)13-9-24-27(11-13)16-7-5-14(10-22-16)31(28,29)25-17-15(30-3)6-4-12-8-23-26(2)18(12)17/h4-11,25H,1-3H3. The van der Waals surface area contributed by atoms with Crippen LogP contribution in [0, 0.1) is 0 Å². The fourth-order valence-corrected chi connectivity index (χ4v) is 4.07. The number of anilines is 1. The highest BCUT2D eigenvalue weighted by atomic mass is 32.2. The zero-order valence-electron chi connectivity index (χ0n) is 16.7. The number of alkyl halides is 2. The Morgan fingerprint density at radius 3 is 2.48 bits per heavy atom. The maximum Gasteiger partial charge on any atom is 0.273 e. The molecular weight excluding hydrogens is 430 g/mol. The van der Waals surface area contributed by atoms with Crippen LogP contribution >= 0.6 is 0 Å². The highest BCUT2D eigenvalue weighted by Gasteiger charge is 2.26. The molecule has 0 saturated heterocycles. The first kappa shape index (κ1) is 20.7. The summed E-state index contributed by atoms with van der Waals surface area (Å²) in [6, 6.07) is 6.10. The second-order valence-corrected chi connectivity index (χ2v) is 8.55. The number of nitrogens with one attached hydrogen (secondary N) is 1. The largest absolute Gasteiger partial charge is 0.494 e. The Morgan fingerprint density at radius 1 is 1.10 bits per heavy atom. The highest BCUT2D eigenvalue weighted by molar-refractivity contribution is 7.92. The molecule has 4 rings (SSSR count). The second kappa shape index (κ2) is 7.30. The van der Waals surface area contributed by atoms with Gasteiger partial charge in [-0.25, -0.2) is 26.9 Å². The average Bonchev–Trinajstić information content (AvgIpc) is 3.36. The fraction of sp³-hybridized carbons (Fsp3) is 0.211. The summed E-state index contributed by atoms with van der Waals surface area (Å²) in [6.45, 7) is 0.764. The maximum absolute atomic E-state index is 13.4. The summed E-state index contributed by atoms with van der Waals surface area (Å²) in [4.78, 5) is 3.93. The van der Waals surface area contributed by atoms with Crippen molar-refractivity contribution in [2.24, 2.45) is 7.05 Å². The molecule has 3 aromatic heterocycles. The van der Waals surface area contributed by atoms with Crippen LogP contribution in [-0.4, -0.2) is 40.1 Å². The van der Waals surface area contributed by atoms with Crippen molar-refractivity contribution in [1.82, 2.24) is 24.5 Å². The zero-order valence-corrected chi connectivity index (χ0v) is 17.6. The summed E-state index contributed by atoms with van der Waals surface area (Å²) < 4.78 is 63.3. The number of hydrogen-bond donors (Lipinski definition) is 1. The molecule has 4 aromatic rings. The molecule has 0 saturated carbocycles. The Kier molecular flexibility index (Phi) is 4.88. The number of pyridine rings is 1. The Balaban J connectivity index is 1.67. The molecule has 0 unspecified atom stereocenters. The molecule has 0 aliphatic carbocycles. The van der Waals surface area contributed by atoms with Crippen molar-refractivity contribution in [2.45, 2.75) is 17.7 Å². The number of hydrogen-bond acceptors (Lipinski definition) is 6. The van der Waals surface area contributed by atoms with Crippen LogP contribution in [0.15, 0.2) is 53.9 Å². The smallest absolute Gasteiger partial charge is 0.273 e. The first-order valence-electron chi connectivity index (χ1n) is 9.01. The highest BCUT2D eigenvalue weighted by Crippen LogP contribution is 2.34. The molecule has 1 N–H and O–H groups in total. The molecule has 0 radical (unpaired) electrons. The van der Waals surface area contributed by atoms with Crippen molar-refractivity contribution in [1.29, 1.82) is 0 Å². The van der Waals surface area contributed by atoms with Crippen LogP contribution in [0.3, 0.4) is 0 Å². The summed E-state index contributed by atoms with van der Waals surface area (Å²) in [7, 11) is -0.909. The van der Waals surface area contributed by atoms with E-state index in [0.29, 0.717) is 11.3 Å². The molecule has 1 aromatic carbocycles. The minimum Gasteiger partial charge on any atom is -0.494 e. The predicted octanol–water partition coefficient (Wildman–Crippen LogP) is 3.08. The van der Waals surface area contributed by atoms with Crippen molar-refractivity contribution in [3.8, 4) is 11.6 Å². The van der Waals surface area contributed by atoms with E-state index >= 15 is 0 Å². The third-order valence-electron chi connectivity index (χ3n) is 4.68. The van der Waals surface area contributed by atoms with Crippen molar-refractivity contribution in [3.63, 3.8) is 0 Å². The summed E-state index contributed by atoms with van der Waals surface area (Å²) >= 11 is 0. The van der Waals surface area contributed by atoms with Gasteiger partial charge in [0.15, 0.2) is 5.82 Å². The molecule has 9 nitrogen and oxygen atoms in total. The Labute approximate surface area is 176 Å². The summed E-state index contributed by atoms with van der Waals surface area (Å²) in [5.74, 6) is -2.52. The van der Waals surface area contributed by atoms with Crippen LogP contribution in [0.2, 0.25) is 0 Å². The number of methoxy groups -OCH3 is 1. The molecule has 31 heavy (non-hydrogen) atoms. The van der Waals surface area contributed by atoms with Crippen LogP contribution in [-0.2, 0) is 23.0 Å². The second-order valence-electron chi connectivity index (χ2n) is 6.87. The van der Waals surface area contributed by atoms with Gasteiger partial charge in [-0.2, -0.15) is 10.2 Å². The van der Waals surface area contributed by atoms with Crippen molar-refractivity contribution in [3.05, 3.63) is 54.6 Å². The van der Waals surface area contributed by atoms with Crippen molar-refractivity contribution >= 4 is 26.6 Å². The molecule has 3 heterocycles. The lowest BCUT2D eigenvalue weighted by molar-refractivity contribution is 0.0174. The summed E-state index contributed by atoms with van der Waals surface area (Å²) in [6.07, 6.45) is 4.91. The Hall–Kier alpha value is -3.54. The number of nitrogens with zero attached hydrogens (tertiary/aromatic N) is 5. The number of aryl methyl sites for hydroxylation is 1. The quantitative estimate of drug-likeness (QED) is 0.486. The fourth-order valence-electron chi connectivity index (χ4n) is 3.05. The van der Waals surface area contributed by atoms with E-state index in [9.17, 15) is 17.2 Å². The number of rotatable bonds is 6. The van der Waals surface area contributed by atoms with Gasteiger partial charge in [0.1, 0.15) is 16.3 Å². The number of benzene rings is 1. The monoisotopic (exact) mass is 448 g/mol. The normalized spacial score (nSPS) is 12.3. The molecule has 12 heteroatoms. The molecule has 0 fully saturated rings. The molecule has 0 aliphatic rings. The first-order chi connectivity index (χ1) is 14.6. The topological polar surface area (TPSA) is 104 Å². The van der Waals surface area contributed by atoms with Crippen molar-refractivity contribution < 1.29 is 21.9 Å². The molecular formula is C19H18F2N6O3S. The van der Waals surface area contributed by atoms with Crippen LogP contribution in [0.4, 0.5) is 14.5 Å². The van der Waals surface area contributed by atoms with Gasteiger partial charge in [-0.05, 0) is 24.3 Å². The van der Waals surface area contributed by atoms with Crippen LogP contribution < -0.4 is 9.46 Å². The molecule has 0 bridgehead atoms. The number of sulfonamides is 1. The number of aromatic nitrogens is 5. The van der Waals surface area contributed by atoms with Crippen LogP contribution in [0.1, 0.15) is 12.5 Å². The van der Waals surface area contributed by atoms with Gasteiger partial charge in [-0.3, -0.25) is 9.40 Å². The Bertz CT molecular complexity index is 1360. The third-order valence-corrected chi connectivity index (χ3v) is 6.01. The minimum atomic E-state index is -4.03. The molecule has 0 amide bonds. The maximum atomic E-state index is 13.4. The minimum absolute atomic E-state index is 0.120. The average molecular weight is 448 g/mol. The van der Waals surface area contributed by atoms with E-state index < -0.39 is 15.9 Å². The van der Waals surface area contributed by atoms with E-state index in [1.165, 1.54) is 23.9 Å². The summed E-state index contributed by atoms with van der Waals surface area (Å²) in [5, 5.41) is 8.74. The van der Waals surface area contributed by atoms with Gasteiger partial charge in [-0.1, -0.05) is 0 Å². The molecule has 0 atom stereocenters. The van der Waals surface area contributed by atoms with Gasteiger partial charge in [0.2, 0.25) is 0 Å². The van der Waals surface area contributed by atoms with E-state index in [-0.39, 0.29) is 22.0 Å². The Morgan fingerprint density at radius 2 is 1.87 bits per heavy atom. The van der Waals surface area contributed by atoms with E-state index in [1.807, 2.05) is 0 Å². The van der Waals surface area contributed by atoms with Gasteiger partial charge in [-0.15, -0.1) is 0 Å². The van der Waals surface area contributed by atoms with Crippen LogP contribution in [0.25, 0.3) is 16.7 Å². The summed E-state index contributed by atoms with van der Waals surface area (Å²) in [5.41, 5.74) is 0.520. The molecule has 0 spiro atoms. The van der Waals surface area contributed by atoms with E-state index in [1.54, 1.807) is 25.4 Å². The van der Waals surface area contributed by atoms with E-state index in [0.717, 1.165) is 35.6 Å². The lowest BCUT2D eigenvalue weighted by Gasteiger charge is -2.14. The lowest BCUT2D eigenvalue weighted by Crippen LogP contribution is -2.15. The van der Waals surface area contributed by atoms with Gasteiger partial charge >= 0.3 is 0 Å². The molecule has 0 aliphatic heterocycles. The van der Waals surface area contributed by atoms with Gasteiger partial charge in [0.25, 0.3) is 15.9 Å². The third kappa shape index (κ3) is 3.81. The van der Waals surface area contributed by atoms with Crippen LogP contribution in [0.5, 0.6) is 5.75 Å². The van der Waals surface area contributed by atoms with E-state index in [2.05, 4.69) is 19.9 Å². The SMILES string of the molecule is COc1ccc2cnn(C)c2c1NS(=O)(=O)c1ccc(-n2cc(C(C)(F)F)cn2)nc1. The lowest BCUT2D eigenvalue weighted by atomic mass is 10.2. The first-order valence-corrected chi connectivity index (χ1v) is 10.5. The number of halogens is 2. The zero-order chi connectivity index (χ0) is 22.4. The molecule has 162 valence electrons. The van der Waals surface area contributed by atoms with Gasteiger partial charge in [0.05, 0.1) is 30.6 Å². The number of fused-ring (bicyclic) bond motifs is 1. The van der Waals surface area contributed by atoms with Crippen molar-refractivity contribution in [2.75, 3.05) is 11.8 Å². The van der Waals surface area contributed by atoms with Gasteiger partial charge in [0, 0.05) is 31.8 Å². The number of ether oxygens (including phenoxy) is 1. The van der Waals surface area contributed by atoms with E-state index in [4.69, 9.17) is 4.74 Å². The van der Waals surface area contributed by atoms with Gasteiger partial charge < -0.3 is 4.74 Å². The predicted molar refractivity (Wildman–Crippen MR) is 109 cm³/mol.